The maximum atomic E-state index is 5.85. The highest BCUT2D eigenvalue weighted by atomic mass is 16.5. The Morgan fingerprint density at radius 2 is 2.12 bits per heavy atom. The van der Waals surface area contributed by atoms with Crippen molar-refractivity contribution < 1.29 is 4.74 Å². The van der Waals surface area contributed by atoms with Gasteiger partial charge < -0.3 is 10.1 Å². The lowest BCUT2D eigenvalue weighted by Crippen LogP contribution is -2.57. The molecule has 0 bridgehead atoms. The van der Waals surface area contributed by atoms with E-state index in [1.807, 2.05) is 0 Å². The summed E-state index contributed by atoms with van der Waals surface area (Å²) >= 11 is 0. The second-order valence-electron chi connectivity index (χ2n) is 4.98. The van der Waals surface area contributed by atoms with Crippen LogP contribution in [0.15, 0.2) is 30.3 Å². The number of ether oxygens (including phenoxy) is 1. The predicted molar refractivity (Wildman–Crippen MR) is 67.9 cm³/mol. The molecule has 2 heterocycles. The highest BCUT2D eigenvalue weighted by Gasteiger charge is 2.31. The molecule has 1 N–H and O–H groups in total. The molecule has 0 aliphatic carbocycles. The minimum Gasteiger partial charge on any atom is -0.374 e. The van der Waals surface area contributed by atoms with E-state index in [4.69, 9.17) is 4.74 Å². The van der Waals surface area contributed by atoms with Gasteiger partial charge in [0.1, 0.15) is 0 Å². The van der Waals surface area contributed by atoms with Crippen LogP contribution in [-0.2, 0) is 11.3 Å². The third kappa shape index (κ3) is 2.68. The molecule has 0 aromatic heterocycles. The molecule has 2 fully saturated rings. The number of rotatable bonds is 3. The normalized spacial score (nSPS) is 29.9. The molecule has 2 aliphatic rings. The Kier molecular flexibility index (Phi) is 3.41. The van der Waals surface area contributed by atoms with Gasteiger partial charge >= 0.3 is 0 Å². The molecule has 3 rings (SSSR count). The quantitative estimate of drug-likeness (QED) is 0.849. The standard InChI is InChI=1S/C14H20N2O/c1-2-4-12(5-3-1)10-16-8-9-17-14(11-16)13-6-7-15-13/h1-5,13-15H,6-11H2. The Morgan fingerprint density at radius 1 is 1.29 bits per heavy atom. The van der Waals surface area contributed by atoms with E-state index in [0.29, 0.717) is 12.1 Å². The van der Waals surface area contributed by atoms with Gasteiger partial charge in [0.2, 0.25) is 0 Å². The van der Waals surface area contributed by atoms with Gasteiger partial charge in [0.05, 0.1) is 12.7 Å². The van der Waals surface area contributed by atoms with Gasteiger partial charge in [-0.25, -0.2) is 0 Å². The average molecular weight is 232 g/mol. The molecular weight excluding hydrogens is 212 g/mol. The molecule has 0 saturated carbocycles. The lowest BCUT2D eigenvalue weighted by atomic mass is 9.99. The van der Waals surface area contributed by atoms with Crippen LogP contribution in [0.1, 0.15) is 12.0 Å². The van der Waals surface area contributed by atoms with Crippen molar-refractivity contribution in [2.24, 2.45) is 0 Å². The fourth-order valence-electron chi connectivity index (χ4n) is 2.59. The van der Waals surface area contributed by atoms with Crippen LogP contribution in [0.4, 0.5) is 0 Å². The number of hydrogen-bond donors (Lipinski definition) is 1. The van der Waals surface area contributed by atoms with Crippen LogP contribution >= 0.6 is 0 Å². The summed E-state index contributed by atoms with van der Waals surface area (Å²) in [7, 11) is 0. The zero-order valence-corrected chi connectivity index (χ0v) is 10.1. The number of nitrogens with zero attached hydrogens (tertiary/aromatic N) is 1. The molecule has 2 aliphatic heterocycles. The zero-order valence-electron chi connectivity index (χ0n) is 10.1. The maximum Gasteiger partial charge on any atom is 0.0855 e. The van der Waals surface area contributed by atoms with Crippen LogP contribution in [0, 0.1) is 0 Å². The second kappa shape index (κ2) is 5.17. The van der Waals surface area contributed by atoms with Crippen molar-refractivity contribution in [2.45, 2.75) is 25.1 Å². The number of benzene rings is 1. The number of nitrogens with one attached hydrogen (secondary N) is 1. The van der Waals surface area contributed by atoms with Crippen molar-refractivity contribution in [3.63, 3.8) is 0 Å². The van der Waals surface area contributed by atoms with E-state index in [1.54, 1.807) is 0 Å². The fourth-order valence-corrected chi connectivity index (χ4v) is 2.59. The first-order chi connectivity index (χ1) is 8.42. The minimum absolute atomic E-state index is 0.390. The maximum absolute atomic E-state index is 5.85. The molecule has 0 spiro atoms. The topological polar surface area (TPSA) is 24.5 Å². The van der Waals surface area contributed by atoms with E-state index in [-0.39, 0.29) is 0 Å². The van der Waals surface area contributed by atoms with E-state index in [0.717, 1.165) is 32.8 Å². The molecule has 0 amide bonds. The first-order valence-electron chi connectivity index (χ1n) is 6.53. The zero-order chi connectivity index (χ0) is 11.5. The van der Waals surface area contributed by atoms with Crippen LogP contribution in [0.2, 0.25) is 0 Å². The Morgan fingerprint density at radius 3 is 2.82 bits per heavy atom. The Bertz CT molecular complexity index is 350. The lowest BCUT2D eigenvalue weighted by molar-refractivity contribution is -0.0599. The predicted octanol–water partition coefficient (Wildman–Crippen LogP) is 1.25. The average Bonchev–Trinajstić information content (AvgIpc) is 2.28. The Labute approximate surface area is 103 Å². The van der Waals surface area contributed by atoms with Crippen molar-refractivity contribution in [1.29, 1.82) is 0 Å². The molecule has 17 heavy (non-hydrogen) atoms. The van der Waals surface area contributed by atoms with E-state index >= 15 is 0 Å². The third-order valence-electron chi connectivity index (χ3n) is 3.74. The summed E-state index contributed by atoms with van der Waals surface area (Å²) in [6.45, 7) is 5.19. The first kappa shape index (κ1) is 11.2. The smallest absolute Gasteiger partial charge is 0.0855 e. The number of morpholine rings is 1. The van der Waals surface area contributed by atoms with Crippen molar-refractivity contribution >= 4 is 0 Å². The summed E-state index contributed by atoms with van der Waals surface area (Å²) in [6, 6.07) is 11.3. The van der Waals surface area contributed by atoms with Crippen LogP contribution in [0.5, 0.6) is 0 Å². The monoisotopic (exact) mass is 232 g/mol. The van der Waals surface area contributed by atoms with E-state index in [1.165, 1.54) is 12.0 Å². The Balaban J connectivity index is 1.56. The first-order valence-corrected chi connectivity index (χ1v) is 6.53. The van der Waals surface area contributed by atoms with Crippen molar-refractivity contribution in [1.82, 2.24) is 10.2 Å². The van der Waals surface area contributed by atoms with Gasteiger partial charge in [0.25, 0.3) is 0 Å². The van der Waals surface area contributed by atoms with E-state index < -0.39 is 0 Å². The van der Waals surface area contributed by atoms with Gasteiger partial charge in [-0.3, -0.25) is 4.90 Å². The summed E-state index contributed by atoms with van der Waals surface area (Å²) in [5, 5.41) is 3.45. The van der Waals surface area contributed by atoms with Gasteiger partial charge in [-0.05, 0) is 18.5 Å². The van der Waals surface area contributed by atoms with Crippen LogP contribution < -0.4 is 5.32 Å². The lowest BCUT2D eigenvalue weighted by Gasteiger charge is -2.41. The molecule has 1 aromatic carbocycles. The molecule has 2 saturated heterocycles. The second-order valence-corrected chi connectivity index (χ2v) is 4.98. The fraction of sp³-hybridized carbons (Fsp3) is 0.571. The highest BCUT2D eigenvalue weighted by Crippen LogP contribution is 2.17. The van der Waals surface area contributed by atoms with Gasteiger partial charge in [0.15, 0.2) is 0 Å². The van der Waals surface area contributed by atoms with Crippen LogP contribution in [0.25, 0.3) is 0 Å². The summed E-state index contributed by atoms with van der Waals surface area (Å²) in [5.74, 6) is 0. The van der Waals surface area contributed by atoms with Crippen LogP contribution in [0.3, 0.4) is 0 Å². The van der Waals surface area contributed by atoms with Crippen LogP contribution in [-0.4, -0.2) is 43.3 Å². The highest BCUT2D eigenvalue weighted by molar-refractivity contribution is 5.14. The summed E-state index contributed by atoms with van der Waals surface area (Å²) < 4.78 is 5.85. The molecule has 2 unspecified atom stereocenters. The molecule has 0 radical (unpaired) electrons. The summed E-state index contributed by atoms with van der Waals surface area (Å²) in [5.41, 5.74) is 1.40. The van der Waals surface area contributed by atoms with E-state index in [9.17, 15) is 0 Å². The van der Waals surface area contributed by atoms with Crippen molar-refractivity contribution in [3.05, 3.63) is 35.9 Å². The minimum atomic E-state index is 0.390. The van der Waals surface area contributed by atoms with Gasteiger partial charge in [-0.15, -0.1) is 0 Å². The largest absolute Gasteiger partial charge is 0.374 e. The summed E-state index contributed by atoms with van der Waals surface area (Å²) in [4.78, 5) is 2.50. The molecular formula is C14H20N2O. The SMILES string of the molecule is c1ccc(CN2CCOC(C3CCN3)C2)cc1. The molecule has 92 valence electrons. The Hall–Kier alpha value is -0.900. The van der Waals surface area contributed by atoms with Gasteiger partial charge in [-0.1, -0.05) is 30.3 Å². The third-order valence-corrected chi connectivity index (χ3v) is 3.74. The van der Waals surface area contributed by atoms with Gasteiger partial charge in [-0.2, -0.15) is 0 Å². The molecule has 2 atom stereocenters. The summed E-state index contributed by atoms with van der Waals surface area (Å²) in [6.07, 6.45) is 1.66. The van der Waals surface area contributed by atoms with Gasteiger partial charge in [0, 0.05) is 25.7 Å². The molecule has 1 aromatic rings. The number of hydrogen-bond acceptors (Lipinski definition) is 3. The molecule has 3 nitrogen and oxygen atoms in total. The molecule has 3 heteroatoms. The van der Waals surface area contributed by atoms with Crippen molar-refractivity contribution in [2.75, 3.05) is 26.2 Å². The van der Waals surface area contributed by atoms with E-state index in [2.05, 4.69) is 40.5 Å². The van der Waals surface area contributed by atoms with Crippen molar-refractivity contribution in [3.8, 4) is 0 Å².